The third-order valence-corrected chi connectivity index (χ3v) is 4.07. The Morgan fingerprint density at radius 1 is 1.14 bits per heavy atom. The van der Waals surface area contributed by atoms with E-state index in [0.717, 1.165) is 15.9 Å². The topological polar surface area (TPSA) is 65.1 Å². The van der Waals surface area contributed by atoms with Crippen molar-refractivity contribution in [3.05, 3.63) is 73.9 Å². The third kappa shape index (κ3) is 2.57. The summed E-state index contributed by atoms with van der Waals surface area (Å²) in [4.78, 5) is 24.1. The molecule has 4 nitrogen and oxygen atoms in total. The number of fused-ring (bicyclic) bond motifs is 1. The number of hydrogen-bond donors (Lipinski definition) is 1. The van der Waals surface area contributed by atoms with Gasteiger partial charge in [-0.3, -0.25) is 14.2 Å². The van der Waals surface area contributed by atoms with E-state index in [9.17, 15) is 14.0 Å². The Bertz CT molecular complexity index is 926. The molecule has 1 heterocycles. The molecule has 21 heavy (non-hydrogen) atoms. The van der Waals surface area contributed by atoms with Crippen molar-refractivity contribution in [1.29, 1.82) is 0 Å². The minimum absolute atomic E-state index is 0.000953. The first kappa shape index (κ1) is 13.5. The van der Waals surface area contributed by atoms with E-state index in [1.54, 1.807) is 30.3 Å². The van der Waals surface area contributed by atoms with E-state index in [1.165, 1.54) is 12.1 Å². The molecule has 0 saturated carbocycles. The monoisotopic (exact) mass is 302 g/mol. The van der Waals surface area contributed by atoms with Gasteiger partial charge in [0, 0.05) is 10.4 Å². The Hall–Kier alpha value is -2.47. The van der Waals surface area contributed by atoms with Crippen molar-refractivity contribution in [3.63, 3.8) is 0 Å². The van der Waals surface area contributed by atoms with Crippen molar-refractivity contribution < 1.29 is 4.39 Å². The lowest BCUT2D eigenvalue weighted by molar-refractivity contribution is 0.623. The summed E-state index contributed by atoms with van der Waals surface area (Å²) in [7, 11) is 0. The maximum atomic E-state index is 13.3. The van der Waals surface area contributed by atoms with Crippen LogP contribution in [-0.2, 0) is 6.54 Å². The van der Waals surface area contributed by atoms with Crippen LogP contribution >= 0.6 is 11.3 Å². The highest BCUT2D eigenvalue weighted by Crippen LogP contribution is 2.13. The Kier molecular flexibility index (Phi) is 3.31. The smallest absolute Gasteiger partial charge is 0.310 e. The van der Waals surface area contributed by atoms with Gasteiger partial charge in [-0.25, -0.2) is 4.39 Å². The van der Waals surface area contributed by atoms with Crippen molar-refractivity contribution in [2.75, 3.05) is 5.73 Å². The second-order valence-electron chi connectivity index (χ2n) is 4.65. The van der Waals surface area contributed by atoms with Crippen LogP contribution < -0.4 is 16.2 Å². The molecule has 0 radical (unpaired) electrons. The van der Waals surface area contributed by atoms with Crippen molar-refractivity contribution in [1.82, 2.24) is 4.57 Å². The number of hydrogen-bond acceptors (Lipinski definition) is 4. The van der Waals surface area contributed by atoms with Crippen LogP contribution in [0.25, 0.3) is 10.1 Å². The predicted molar refractivity (Wildman–Crippen MR) is 82.3 cm³/mol. The lowest BCUT2D eigenvalue weighted by Gasteiger charge is -2.07. The summed E-state index contributed by atoms with van der Waals surface area (Å²) in [5, 5.41) is 0.478. The second-order valence-corrected chi connectivity index (χ2v) is 5.64. The molecule has 6 heteroatoms. The molecule has 0 saturated heterocycles. The molecule has 106 valence electrons. The zero-order valence-corrected chi connectivity index (χ0v) is 11.7. The van der Waals surface area contributed by atoms with Crippen LogP contribution in [0.5, 0.6) is 0 Å². The fraction of sp³-hybridized carbons (Fsp3) is 0.0667. The maximum Gasteiger partial charge on any atom is 0.310 e. The number of aromatic nitrogens is 1. The van der Waals surface area contributed by atoms with Gasteiger partial charge in [0.1, 0.15) is 5.82 Å². The number of nitrogen functional groups attached to an aromatic ring is 1. The maximum absolute atomic E-state index is 13.3. The van der Waals surface area contributed by atoms with Gasteiger partial charge < -0.3 is 5.73 Å². The van der Waals surface area contributed by atoms with E-state index < -0.39 is 5.82 Å². The lowest BCUT2D eigenvalue weighted by atomic mass is 10.2. The van der Waals surface area contributed by atoms with Crippen LogP contribution in [0.4, 0.5) is 10.1 Å². The van der Waals surface area contributed by atoms with Crippen LogP contribution in [0.2, 0.25) is 0 Å². The van der Waals surface area contributed by atoms with Crippen LogP contribution in [0.1, 0.15) is 5.56 Å². The Balaban J connectivity index is 2.17. The first-order valence-corrected chi connectivity index (χ1v) is 7.04. The van der Waals surface area contributed by atoms with Crippen molar-refractivity contribution in [3.8, 4) is 0 Å². The molecule has 0 amide bonds. The molecule has 0 spiro atoms. The predicted octanol–water partition coefficient (Wildman–Crippen LogP) is 2.19. The van der Waals surface area contributed by atoms with Gasteiger partial charge in [-0.1, -0.05) is 23.5 Å². The molecule has 0 aliphatic carbocycles. The van der Waals surface area contributed by atoms with Crippen LogP contribution in [-0.4, -0.2) is 4.57 Å². The van der Waals surface area contributed by atoms with E-state index in [-0.39, 0.29) is 22.7 Å². The molecule has 0 atom stereocenters. The van der Waals surface area contributed by atoms with Crippen LogP contribution in [0.15, 0.2) is 52.1 Å². The Morgan fingerprint density at radius 2 is 1.90 bits per heavy atom. The van der Waals surface area contributed by atoms with E-state index in [0.29, 0.717) is 15.6 Å². The number of nitrogens with zero attached hydrogens (tertiary/aromatic N) is 1. The quantitative estimate of drug-likeness (QED) is 0.738. The number of nitrogens with two attached hydrogens (primary N) is 1. The summed E-state index contributed by atoms with van der Waals surface area (Å²) in [5.74, 6) is -0.491. The average Bonchev–Trinajstić information content (AvgIpc) is 2.42. The Labute approximate surface area is 122 Å². The van der Waals surface area contributed by atoms with Gasteiger partial charge in [0.25, 0.3) is 5.56 Å². The molecule has 3 aromatic rings. The lowest BCUT2D eigenvalue weighted by Crippen LogP contribution is -2.31. The second kappa shape index (κ2) is 5.14. The summed E-state index contributed by atoms with van der Waals surface area (Å²) < 4.78 is 15.1. The zero-order chi connectivity index (χ0) is 15.0. The highest BCUT2D eigenvalue weighted by Gasteiger charge is 2.09. The van der Waals surface area contributed by atoms with Gasteiger partial charge >= 0.3 is 4.87 Å². The summed E-state index contributed by atoms with van der Waals surface area (Å²) in [6.45, 7) is 0.000953. The van der Waals surface area contributed by atoms with E-state index in [1.807, 2.05) is 0 Å². The van der Waals surface area contributed by atoms with Crippen molar-refractivity contribution in [2.24, 2.45) is 0 Å². The fourth-order valence-corrected chi connectivity index (χ4v) is 3.05. The highest BCUT2D eigenvalue weighted by atomic mass is 32.1. The highest BCUT2D eigenvalue weighted by molar-refractivity contribution is 7.16. The summed E-state index contributed by atoms with van der Waals surface area (Å²) >= 11 is 0.993. The van der Waals surface area contributed by atoms with E-state index in [2.05, 4.69) is 0 Å². The normalized spacial score (nSPS) is 10.9. The number of rotatable bonds is 2. The molecule has 2 N–H and O–H groups in total. The fourth-order valence-electron chi connectivity index (χ4n) is 2.20. The minimum atomic E-state index is -0.491. The standard InChI is InChI=1S/C15H11FN2O2S/c16-10-5-9(6-11(17)7-10)8-18-14(19)12-3-1-2-4-13(12)21-15(18)20/h1-7H,8,17H2. The molecule has 3 rings (SSSR count). The molecule has 0 aliphatic rings. The summed E-state index contributed by atoms with van der Waals surface area (Å²) in [6, 6.07) is 10.9. The molecule has 2 aromatic carbocycles. The van der Waals surface area contributed by atoms with Crippen molar-refractivity contribution >= 4 is 27.1 Å². The molecule has 0 fully saturated rings. The summed E-state index contributed by atoms with van der Waals surface area (Å²) in [6.07, 6.45) is 0. The summed E-state index contributed by atoms with van der Waals surface area (Å²) in [5.41, 5.74) is 5.94. The first-order chi connectivity index (χ1) is 10.0. The number of halogens is 1. The Morgan fingerprint density at radius 3 is 2.67 bits per heavy atom. The number of benzene rings is 2. The average molecular weight is 302 g/mol. The minimum Gasteiger partial charge on any atom is -0.399 e. The van der Waals surface area contributed by atoms with E-state index in [4.69, 9.17) is 5.73 Å². The third-order valence-electron chi connectivity index (χ3n) is 3.10. The SMILES string of the molecule is Nc1cc(F)cc(Cn2c(=O)sc3ccccc3c2=O)c1. The van der Waals surface area contributed by atoms with Crippen molar-refractivity contribution in [2.45, 2.75) is 6.54 Å². The van der Waals surface area contributed by atoms with Gasteiger partial charge in [-0.05, 0) is 35.9 Å². The van der Waals surface area contributed by atoms with Crippen LogP contribution in [0, 0.1) is 5.82 Å². The molecular formula is C15H11FN2O2S. The largest absolute Gasteiger partial charge is 0.399 e. The zero-order valence-electron chi connectivity index (χ0n) is 10.9. The molecule has 1 aromatic heterocycles. The van der Waals surface area contributed by atoms with Crippen LogP contribution in [0.3, 0.4) is 0 Å². The molecular weight excluding hydrogens is 291 g/mol. The molecule has 0 bridgehead atoms. The van der Waals surface area contributed by atoms with Gasteiger partial charge in [0.2, 0.25) is 0 Å². The first-order valence-electron chi connectivity index (χ1n) is 6.22. The molecule has 0 unspecified atom stereocenters. The van der Waals surface area contributed by atoms with Gasteiger partial charge in [0.05, 0.1) is 11.9 Å². The molecule has 0 aliphatic heterocycles. The van der Waals surface area contributed by atoms with E-state index >= 15 is 0 Å². The van der Waals surface area contributed by atoms with Gasteiger partial charge in [-0.2, -0.15) is 0 Å². The van der Waals surface area contributed by atoms with Gasteiger partial charge in [-0.15, -0.1) is 0 Å². The van der Waals surface area contributed by atoms with Gasteiger partial charge in [0.15, 0.2) is 0 Å². The number of anilines is 1.